The molecule has 1 atom stereocenters. The topological polar surface area (TPSA) is 49.4 Å². The van der Waals surface area contributed by atoms with Crippen LogP contribution in [0.25, 0.3) is 0 Å². The van der Waals surface area contributed by atoms with Crippen molar-refractivity contribution in [3.8, 4) is 0 Å². The van der Waals surface area contributed by atoms with E-state index in [1.165, 1.54) is 25.7 Å². The van der Waals surface area contributed by atoms with Crippen molar-refractivity contribution in [1.82, 2.24) is 9.62 Å². The zero-order valence-electron chi connectivity index (χ0n) is 13.7. The quantitative estimate of drug-likeness (QED) is 0.701. The van der Waals surface area contributed by atoms with Crippen LogP contribution in [0.3, 0.4) is 0 Å². The maximum Gasteiger partial charge on any atom is 0.214 e. The summed E-state index contributed by atoms with van der Waals surface area (Å²) in [6, 6.07) is 0.790. The molecule has 1 saturated carbocycles. The van der Waals surface area contributed by atoms with Gasteiger partial charge in [-0.25, -0.2) is 8.42 Å². The molecule has 2 fully saturated rings. The maximum absolute atomic E-state index is 12.6. The van der Waals surface area contributed by atoms with Crippen molar-refractivity contribution in [2.75, 3.05) is 18.8 Å². The van der Waals surface area contributed by atoms with Crippen LogP contribution in [0.5, 0.6) is 0 Å². The first-order chi connectivity index (χ1) is 10.0. The Bertz CT molecular complexity index is 403. The van der Waals surface area contributed by atoms with E-state index in [2.05, 4.69) is 19.2 Å². The molecular formula is C16H32N2O2S. The number of unbranched alkanes of at least 4 members (excludes halogenated alkanes) is 1. The number of hydrogen-bond acceptors (Lipinski definition) is 3. The molecule has 0 amide bonds. The molecule has 5 heteroatoms. The van der Waals surface area contributed by atoms with Gasteiger partial charge >= 0.3 is 0 Å². The van der Waals surface area contributed by atoms with Crippen LogP contribution in [0.4, 0.5) is 0 Å². The SMILES string of the molecule is CC(C)NCCCCS(=O)(=O)N1CCCC1C1CCCC1. The highest BCUT2D eigenvalue weighted by molar-refractivity contribution is 7.89. The van der Waals surface area contributed by atoms with Crippen LogP contribution in [-0.4, -0.2) is 43.6 Å². The largest absolute Gasteiger partial charge is 0.315 e. The summed E-state index contributed by atoms with van der Waals surface area (Å²) in [6.07, 6.45) is 8.89. The molecule has 0 aromatic rings. The molecule has 0 bridgehead atoms. The number of rotatable bonds is 8. The minimum absolute atomic E-state index is 0.311. The van der Waals surface area contributed by atoms with E-state index in [4.69, 9.17) is 0 Å². The second-order valence-corrected chi connectivity index (χ2v) is 9.04. The van der Waals surface area contributed by atoms with E-state index in [1.54, 1.807) is 0 Å². The molecule has 2 aliphatic rings. The lowest BCUT2D eigenvalue weighted by atomic mass is 9.97. The van der Waals surface area contributed by atoms with Gasteiger partial charge in [0.2, 0.25) is 10.0 Å². The minimum atomic E-state index is -3.04. The average Bonchev–Trinajstić information content (AvgIpc) is 3.08. The van der Waals surface area contributed by atoms with E-state index in [9.17, 15) is 8.42 Å². The molecule has 2 rings (SSSR count). The summed E-state index contributed by atoms with van der Waals surface area (Å²) in [7, 11) is -3.04. The van der Waals surface area contributed by atoms with E-state index in [-0.39, 0.29) is 0 Å². The lowest BCUT2D eigenvalue weighted by molar-refractivity contribution is 0.288. The van der Waals surface area contributed by atoms with Gasteiger partial charge in [-0.3, -0.25) is 0 Å². The third-order valence-corrected chi connectivity index (χ3v) is 6.90. The Morgan fingerprint density at radius 2 is 1.81 bits per heavy atom. The first-order valence-electron chi connectivity index (χ1n) is 8.73. The van der Waals surface area contributed by atoms with Gasteiger partial charge < -0.3 is 5.32 Å². The van der Waals surface area contributed by atoms with Gasteiger partial charge in [0.25, 0.3) is 0 Å². The van der Waals surface area contributed by atoms with Gasteiger partial charge in [0.1, 0.15) is 0 Å². The van der Waals surface area contributed by atoms with Gasteiger partial charge in [0, 0.05) is 18.6 Å². The summed E-state index contributed by atoms with van der Waals surface area (Å²) < 4.78 is 27.1. The van der Waals surface area contributed by atoms with Crippen LogP contribution in [0, 0.1) is 5.92 Å². The van der Waals surface area contributed by atoms with Crippen LogP contribution in [-0.2, 0) is 10.0 Å². The van der Waals surface area contributed by atoms with E-state index in [1.807, 2.05) is 4.31 Å². The standard InChI is InChI=1S/C16H32N2O2S/c1-14(2)17-11-5-6-13-21(19,20)18-12-7-10-16(18)15-8-3-4-9-15/h14-17H,3-13H2,1-2H3. The van der Waals surface area contributed by atoms with Gasteiger partial charge in [-0.05, 0) is 51.0 Å². The lowest BCUT2D eigenvalue weighted by Gasteiger charge is -2.28. The van der Waals surface area contributed by atoms with Crippen molar-refractivity contribution in [2.45, 2.75) is 77.3 Å². The normalized spacial score (nSPS) is 25.2. The molecule has 1 aliphatic heterocycles. The lowest BCUT2D eigenvalue weighted by Crippen LogP contribution is -2.40. The second-order valence-electron chi connectivity index (χ2n) is 7.00. The van der Waals surface area contributed by atoms with Gasteiger partial charge in [-0.2, -0.15) is 4.31 Å². The Morgan fingerprint density at radius 3 is 2.48 bits per heavy atom. The van der Waals surface area contributed by atoms with E-state index in [0.717, 1.165) is 38.8 Å². The highest BCUT2D eigenvalue weighted by atomic mass is 32.2. The second kappa shape index (κ2) is 7.93. The van der Waals surface area contributed by atoms with E-state index >= 15 is 0 Å². The summed E-state index contributed by atoms with van der Waals surface area (Å²) in [5.74, 6) is 0.959. The fraction of sp³-hybridized carbons (Fsp3) is 1.00. The molecule has 4 nitrogen and oxygen atoms in total. The number of nitrogens with zero attached hydrogens (tertiary/aromatic N) is 1. The Hall–Kier alpha value is -0.130. The molecule has 1 saturated heterocycles. The third kappa shape index (κ3) is 4.93. The van der Waals surface area contributed by atoms with Crippen LogP contribution in [0.1, 0.15) is 65.2 Å². The molecule has 1 unspecified atom stereocenters. The predicted molar refractivity (Wildman–Crippen MR) is 87.8 cm³/mol. The predicted octanol–water partition coefficient (Wildman–Crippen LogP) is 2.75. The van der Waals surface area contributed by atoms with Crippen LogP contribution in [0.2, 0.25) is 0 Å². The highest BCUT2D eigenvalue weighted by Gasteiger charge is 2.39. The molecule has 0 aromatic heterocycles. The van der Waals surface area contributed by atoms with Crippen molar-refractivity contribution in [3.63, 3.8) is 0 Å². The first kappa shape index (κ1) is 17.2. The Balaban J connectivity index is 1.80. The Morgan fingerprint density at radius 1 is 1.10 bits per heavy atom. The highest BCUT2D eigenvalue weighted by Crippen LogP contribution is 2.36. The molecule has 1 heterocycles. The van der Waals surface area contributed by atoms with Crippen molar-refractivity contribution < 1.29 is 8.42 Å². The number of hydrogen-bond donors (Lipinski definition) is 1. The molecule has 0 radical (unpaired) electrons. The molecule has 0 spiro atoms. The Labute approximate surface area is 130 Å². The van der Waals surface area contributed by atoms with Gasteiger partial charge in [0.05, 0.1) is 5.75 Å². The van der Waals surface area contributed by atoms with Crippen molar-refractivity contribution in [3.05, 3.63) is 0 Å². The number of sulfonamides is 1. The van der Waals surface area contributed by atoms with Crippen molar-refractivity contribution in [2.24, 2.45) is 5.92 Å². The monoisotopic (exact) mass is 316 g/mol. The summed E-state index contributed by atoms with van der Waals surface area (Å²) in [5, 5.41) is 3.35. The summed E-state index contributed by atoms with van der Waals surface area (Å²) in [5.41, 5.74) is 0. The van der Waals surface area contributed by atoms with Crippen LogP contribution < -0.4 is 5.32 Å². The van der Waals surface area contributed by atoms with Gasteiger partial charge in [0.15, 0.2) is 0 Å². The van der Waals surface area contributed by atoms with Gasteiger partial charge in [-0.1, -0.05) is 26.7 Å². The number of nitrogens with one attached hydrogen (secondary N) is 1. The van der Waals surface area contributed by atoms with Crippen molar-refractivity contribution >= 4 is 10.0 Å². The molecule has 0 aromatic carbocycles. The summed E-state index contributed by atoms with van der Waals surface area (Å²) >= 11 is 0. The zero-order valence-corrected chi connectivity index (χ0v) is 14.5. The molecule has 124 valence electrons. The average molecular weight is 317 g/mol. The molecular weight excluding hydrogens is 284 g/mol. The zero-order chi connectivity index (χ0) is 15.3. The van der Waals surface area contributed by atoms with Crippen LogP contribution in [0.15, 0.2) is 0 Å². The summed E-state index contributed by atoms with van der Waals surface area (Å²) in [6.45, 7) is 5.91. The smallest absolute Gasteiger partial charge is 0.214 e. The summed E-state index contributed by atoms with van der Waals surface area (Å²) in [4.78, 5) is 0. The molecule has 1 N–H and O–H groups in total. The third-order valence-electron chi connectivity index (χ3n) is 4.93. The van der Waals surface area contributed by atoms with Crippen LogP contribution >= 0.6 is 0 Å². The Kier molecular flexibility index (Phi) is 6.51. The first-order valence-corrected chi connectivity index (χ1v) is 10.3. The van der Waals surface area contributed by atoms with Crippen molar-refractivity contribution in [1.29, 1.82) is 0 Å². The minimum Gasteiger partial charge on any atom is -0.315 e. The van der Waals surface area contributed by atoms with E-state index in [0.29, 0.717) is 23.8 Å². The maximum atomic E-state index is 12.6. The fourth-order valence-corrected chi connectivity index (χ4v) is 5.74. The van der Waals surface area contributed by atoms with E-state index < -0.39 is 10.0 Å². The molecule has 21 heavy (non-hydrogen) atoms. The fourth-order valence-electron chi connectivity index (χ4n) is 3.84. The van der Waals surface area contributed by atoms with Gasteiger partial charge in [-0.15, -0.1) is 0 Å². The molecule has 1 aliphatic carbocycles.